The van der Waals surface area contributed by atoms with Crippen molar-refractivity contribution in [2.24, 2.45) is 0 Å². The van der Waals surface area contributed by atoms with E-state index in [0.717, 1.165) is 21.2 Å². The van der Waals surface area contributed by atoms with Gasteiger partial charge in [0.05, 0.1) is 5.56 Å². The molecule has 2 aromatic rings. The number of hydrogen-bond donors (Lipinski definition) is 1. The Morgan fingerprint density at radius 1 is 1.18 bits per heavy atom. The zero-order valence-electron chi connectivity index (χ0n) is 9.27. The van der Waals surface area contributed by atoms with Crippen LogP contribution in [0.2, 0.25) is 0 Å². The normalized spacial score (nSPS) is 10.2. The van der Waals surface area contributed by atoms with E-state index in [4.69, 9.17) is 5.11 Å². The van der Waals surface area contributed by atoms with Crippen molar-refractivity contribution < 1.29 is 9.90 Å². The van der Waals surface area contributed by atoms with Crippen LogP contribution in [0, 0.1) is 6.92 Å². The van der Waals surface area contributed by atoms with Crippen molar-refractivity contribution >= 4 is 21.9 Å². The zero-order chi connectivity index (χ0) is 12.4. The van der Waals surface area contributed by atoms with Gasteiger partial charge in [-0.3, -0.25) is 0 Å². The minimum atomic E-state index is -0.895. The van der Waals surface area contributed by atoms with Crippen LogP contribution in [0.4, 0.5) is 0 Å². The number of carbonyl (C=O) groups is 1. The Kier molecular flexibility index (Phi) is 3.29. The highest BCUT2D eigenvalue weighted by Crippen LogP contribution is 2.26. The molecule has 2 nitrogen and oxygen atoms in total. The molecule has 0 atom stereocenters. The minimum absolute atomic E-state index is 0.321. The Balaban J connectivity index is 2.50. The third-order valence-corrected chi connectivity index (χ3v) is 3.10. The van der Waals surface area contributed by atoms with E-state index in [1.165, 1.54) is 0 Å². The van der Waals surface area contributed by atoms with Crippen molar-refractivity contribution in [3.8, 4) is 11.1 Å². The van der Waals surface area contributed by atoms with Gasteiger partial charge < -0.3 is 5.11 Å². The molecule has 3 heteroatoms. The van der Waals surface area contributed by atoms with Crippen molar-refractivity contribution in [1.29, 1.82) is 0 Å². The maximum atomic E-state index is 10.8. The van der Waals surface area contributed by atoms with Crippen molar-refractivity contribution in [2.75, 3.05) is 0 Å². The highest BCUT2D eigenvalue weighted by Gasteiger charge is 2.07. The summed E-state index contributed by atoms with van der Waals surface area (Å²) in [5.74, 6) is -0.895. The van der Waals surface area contributed by atoms with Crippen molar-refractivity contribution in [2.45, 2.75) is 6.92 Å². The van der Waals surface area contributed by atoms with Crippen molar-refractivity contribution in [3.63, 3.8) is 0 Å². The molecule has 0 aliphatic heterocycles. The summed E-state index contributed by atoms with van der Waals surface area (Å²) in [7, 11) is 0. The van der Waals surface area contributed by atoms with Crippen LogP contribution in [0.1, 0.15) is 15.9 Å². The lowest BCUT2D eigenvalue weighted by atomic mass is 9.98. The van der Waals surface area contributed by atoms with Crippen LogP contribution in [-0.2, 0) is 0 Å². The van der Waals surface area contributed by atoms with Crippen LogP contribution in [0.3, 0.4) is 0 Å². The minimum Gasteiger partial charge on any atom is -0.478 e. The smallest absolute Gasteiger partial charge is 0.335 e. The fourth-order valence-electron chi connectivity index (χ4n) is 1.78. The number of rotatable bonds is 2. The summed E-state index contributed by atoms with van der Waals surface area (Å²) in [5, 5.41) is 8.91. The molecule has 0 aromatic heterocycles. The second kappa shape index (κ2) is 4.72. The lowest BCUT2D eigenvalue weighted by Crippen LogP contribution is -1.97. The van der Waals surface area contributed by atoms with E-state index in [2.05, 4.69) is 15.9 Å². The van der Waals surface area contributed by atoms with Crippen LogP contribution >= 0.6 is 15.9 Å². The first kappa shape index (κ1) is 11.9. The molecule has 0 spiro atoms. The number of aromatic carboxylic acids is 1. The first-order valence-corrected chi connectivity index (χ1v) is 5.97. The van der Waals surface area contributed by atoms with E-state index >= 15 is 0 Å². The number of carboxylic acid groups (broad SMARTS) is 1. The Morgan fingerprint density at radius 3 is 2.53 bits per heavy atom. The summed E-state index contributed by atoms with van der Waals surface area (Å²) in [5.41, 5.74) is 3.41. The third-order valence-electron chi connectivity index (χ3n) is 2.61. The number of carboxylic acids is 1. The van der Waals surface area contributed by atoms with E-state index in [-0.39, 0.29) is 0 Å². The van der Waals surface area contributed by atoms with E-state index < -0.39 is 5.97 Å². The molecular weight excluding hydrogens is 280 g/mol. The first-order valence-electron chi connectivity index (χ1n) is 5.18. The standard InChI is InChI=1S/C14H11BrO2/c1-9-7-11(14(16)17)5-6-13(9)10-3-2-4-12(15)8-10/h2-8H,1H3,(H,16,17). The van der Waals surface area contributed by atoms with Gasteiger partial charge in [0.15, 0.2) is 0 Å². The van der Waals surface area contributed by atoms with Gasteiger partial charge >= 0.3 is 5.97 Å². The second-order valence-electron chi connectivity index (χ2n) is 3.85. The molecule has 2 aromatic carbocycles. The van der Waals surface area contributed by atoms with Crippen molar-refractivity contribution in [1.82, 2.24) is 0 Å². The van der Waals surface area contributed by atoms with Gasteiger partial charge in [-0.15, -0.1) is 0 Å². The number of hydrogen-bond acceptors (Lipinski definition) is 1. The molecule has 0 saturated carbocycles. The zero-order valence-corrected chi connectivity index (χ0v) is 10.9. The number of halogens is 1. The molecule has 0 heterocycles. The number of aryl methyl sites for hydroxylation is 1. The van der Waals surface area contributed by atoms with Gasteiger partial charge in [0.25, 0.3) is 0 Å². The monoisotopic (exact) mass is 290 g/mol. The molecule has 0 unspecified atom stereocenters. The van der Waals surface area contributed by atoms with Gasteiger partial charge in [-0.05, 0) is 47.9 Å². The molecule has 0 radical (unpaired) electrons. The SMILES string of the molecule is Cc1cc(C(=O)O)ccc1-c1cccc(Br)c1. The Bertz CT molecular complexity index is 576. The van der Waals surface area contributed by atoms with Gasteiger partial charge in [-0.25, -0.2) is 4.79 Å². The van der Waals surface area contributed by atoms with Crippen LogP contribution in [0.25, 0.3) is 11.1 Å². The molecule has 2 rings (SSSR count). The van der Waals surface area contributed by atoms with E-state index in [0.29, 0.717) is 5.56 Å². The highest BCUT2D eigenvalue weighted by atomic mass is 79.9. The van der Waals surface area contributed by atoms with E-state index in [9.17, 15) is 4.79 Å². The number of benzene rings is 2. The van der Waals surface area contributed by atoms with Crippen LogP contribution in [0.5, 0.6) is 0 Å². The molecule has 0 bridgehead atoms. The summed E-state index contributed by atoms with van der Waals surface area (Å²) < 4.78 is 1.01. The fraction of sp³-hybridized carbons (Fsp3) is 0.0714. The van der Waals surface area contributed by atoms with Crippen LogP contribution < -0.4 is 0 Å². The molecule has 0 amide bonds. The largest absolute Gasteiger partial charge is 0.478 e. The Morgan fingerprint density at radius 2 is 1.94 bits per heavy atom. The Labute approximate surface area is 108 Å². The van der Waals surface area contributed by atoms with E-state index in [1.807, 2.05) is 37.3 Å². The van der Waals surface area contributed by atoms with Crippen LogP contribution in [0.15, 0.2) is 46.9 Å². The van der Waals surface area contributed by atoms with Crippen molar-refractivity contribution in [3.05, 3.63) is 58.1 Å². The van der Waals surface area contributed by atoms with Gasteiger partial charge in [-0.1, -0.05) is 34.1 Å². The predicted molar refractivity (Wildman–Crippen MR) is 71.3 cm³/mol. The van der Waals surface area contributed by atoms with Gasteiger partial charge in [0.1, 0.15) is 0 Å². The molecule has 0 aliphatic carbocycles. The first-order chi connectivity index (χ1) is 8.08. The van der Waals surface area contributed by atoms with Gasteiger partial charge in [-0.2, -0.15) is 0 Å². The average molecular weight is 291 g/mol. The highest BCUT2D eigenvalue weighted by molar-refractivity contribution is 9.10. The second-order valence-corrected chi connectivity index (χ2v) is 4.76. The maximum Gasteiger partial charge on any atom is 0.335 e. The summed E-state index contributed by atoms with van der Waals surface area (Å²) in [6.45, 7) is 1.92. The van der Waals surface area contributed by atoms with Gasteiger partial charge in [0, 0.05) is 4.47 Å². The predicted octanol–water partition coefficient (Wildman–Crippen LogP) is 4.12. The third kappa shape index (κ3) is 2.56. The molecule has 0 saturated heterocycles. The molecule has 0 fully saturated rings. The maximum absolute atomic E-state index is 10.8. The molecule has 1 N–H and O–H groups in total. The topological polar surface area (TPSA) is 37.3 Å². The molecule has 17 heavy (non-hydrogen) atoms. The summed E-state index contributed by atoms with van der Waals surface area (Å²) >= 11 is 3.43. The van der Waals surface area contributed by atoms with Crippen LogP contribution in [-0.4, -0.2) is 11.1 Å². The quantitative estimate of drug-likeness (QED) is 0.903. The summed E-state index contributed by atoms with van der Waals surface area (Å²) in [6.07, 6.45) is 0. The lowest BCUT2D eigenvalue weighted by molar-refractivity contribution is 0.0697. The molecular formula is C14H11BrO2. The summed E-state index contributed by atoms with van der Waals surface area (Å²) in [6, 6.07) is 13.1. The Hall–Kier alpha value is -1.61. The lowest BCUT2D eigenvalue weighted by Gasteiger charge is -2.07. The average Bonchev–Trinajstić information content (AvgIpc) is 2.28. The molecule has 86 valence electrons. The fourth-order valence-corrected chi connectivity index (χ4v) is 2.18. The van der Waals surface area contributed by atoms with E-state index in [1.54, 1.807) is 12.1 Å². The molecule has 0 aliphatic rings. The summed E-state index contributed by atoms with van der Waals surface area (Å²) in [4.78, 5) is 10.8. The van der Waals surface area contributed by atoms with Gasteiger partial charge in [0.2, 0.25) is 0 Å².